The molecule has 0 spiro atoms. The maximum Gasteiger partial charge on any atom is 0.123 e. The van der Waals surface area contributed by atoms with Gasteiger partial charge in [0.25, 0.3) is 0 Å². The third-order valence-electron chi connectivity index (χ3n) is 14.9. The Morgan fingerprint density at radius 3 is 1.52 bits per heavy atom. The highest BCUT2D eigenvalue weighted by Gasteiger charge is 2.46. The molecule has 1 aliphatic rings. The third kappa shape index (κ3) is 7.51. The van der Waals surface area contributed by atoms with Crippen LogP contribution in [0.15, 0.2) is 291 Å². The van der Waals surface area contributed by atoms with Gasteiger partial charge in [0.1, 0.15) is 5.75 Å². The molecule has 1 N–H and O–H groups in total. The van der Waals surface area contributed by atoms with Gasteiger partial charge < -0.3 is 10.0 Å². The van der Waals surface area contributed by atoms with E-state index in [0.29, 0.717) is 0 Å². The van der Waals surface area contributed by atoms with Gasteiger partial charge in [-0.1, -0.05) is 249 Å². The topological polar surface area (TPSA) is 23.5 Å². The molecule has 0 saturated carbocycles. The summed E-state index contributed by atoms with van der Waals surface area (Å²) in [6, 6.07) is 105. The fourth-order valence-electron chi connectivity index (χ4n) is 11.6. The lowest BCUT2D eigenvalue weighted by atomic mass is 9.67. The second kappa shape index (κ2) is 18.4. The Labute approximate surface area is 427 Å². The Morgan fingerprint density at radius 1 is 0.288 bits per heavy atom. The van der Waals surface area contributed by atoms with Gasteiger partial charge in [-0.2, -0.15) is 0 Å². The fraction of sp³-hybridized carbons (Fsp3) is 0.0141. The molecular formula is C71H49NO. The number of nitrogens with zero attached hydrogens (tertiary/aromatic N) is 1. The van der Waals surface area contributed by atoms with E-state index in [1.165, 1.54) is 60.8 Å². The minimum absolute atomic E-state index is 0.259. The van der Waals surface area contributed by atoms with E-state index in [1.54, 1.807) is 6.07 Å². The standard InChI is InChI=1S/C71H49NO/c73-69-38-14-11-31-63(69)54-22-15-21-53(47-54)62-30-10-13-37-68(62)72(58-45-43-50(44-46-58)49-39-41-52(42-40-49)61-33-17-20-51-19-7-8-29-60(51)61)59-28-16-23-55(48-59)64-34-18-36-67-70(64)65-32-9-12-35-66(65)71(67,56-24-3-1-4-25-56)57-26-5-2-6-27-57/h1-48,73H. The van der Waals surface area contributed by atoms with Crippen LogP contribution >= 0.6 is 0 Å². The van der Waals surface area contributed by atoms with Crippen molar-refractivity contribution < 1.29 is 5.11 Å². The molecule has 0 aliphatic heterocycles. The van der Waals surface area contributed by atoms with E-state index in [0.717, 1.165) is 56.0 Å². The maximum atomic E-state index is 10.9. The molecule has 1 aliphatic carbocycles. The van der Waals surface area contributed by atoms with Gasteiger partial charge in [0.15, 0.2) is 0 Å². The monoisotopic (exact) mass is 931 g/mol. The van der Waals surface area contributed by atoms with E-state index in [-0.39, 0.29) is 5.75 Å². The highest BCUT2D eigenvalue weighted by molar-refractivity contribution is 5.99. The van der Waals surface area contributed by atoms with Crippen molar-refractivity contribution in [3.63, 3.8) is 0 Å². The molecule has 0 aromatic heterocycles. The molecule has 0 bridgehead atoms. The van der Waals surface area contributed by atoms with Crippen molar-refractivity contribution in [3.05, 3.63) is 313 Å². The highest BCUT2D eigenvalue weighted by atomic mass is 16.3. The van der Waals surface area contributed by atoms with Gasteiger partial charge in [-0.15, -0.1) is 0 Å². The van der Waals surface area contributed by atoms with Gasteiger partial charge in [0.2, 0.25) is 0 Å². The van der Waals surface area contributed by atoms with Crippen molar-refractivity contribution in [2.45, 2.75) is 5.41 Å². The summed E-state index contributed by atoms with van der Waals surface area (Å²) in [4.78, 5) is 2.40. The van der Waals surface area contributed by atoms with E-state index >= 15 is 0 Å². The highest BCUT2D eigenvalue weighted by Crippen LogP contribution is 2.58. The summed E-state index contributed by atoms with van der Waals surface area (Å²) in [6.45, 7) is 0. The van der Waals surface area contributed by atoms with Crippen LogP contribution in [-0.2, 0) is 5.41 Å². The lowest BCUT2D eigenvalue weighted by Crippen LogP contribution is -2.28. The van der Waals surface area contributed by atoms with Crippen LogP contribution < -0.4 is 4.90 Å². The molecule has 0 atom stereocenters. The minimum Gasteiger partial charge on any atom is -0.507 e. The van der Waals surface area contributed by atoms with Crippen molar-refractivity contribution >= 4 is 27.8 Å². The minimum atomic E-state index is -0.504. The predicted octanol–water partition coefficient (Wildman–Crippen LogP) is 18.7. The van der Waals surface area contributed by atoms with Gasteiger partial charge >= 0.3 is 0 Å². The number of fused-ring (bicyclic) bond motifs is 4. The molecule has 0 radical (unpaired) electrons. The van der Waals surface area contributed by atoms with Crippen molar-refractivity contribution in [2.24, 2.45) is 0 Å². The number of anilines is 3. The van der Waals surface area contributed by atoms with Crippen LogP contribution in [0.4, 0.5) is 17.1 Å². The number of para-hydroxylation sites is 2. The SMILES string of the molecule is Oc1ccccc1-c1cccc(-c2ccccc2N(c2ccc(-c3ccc(-c4cccc5ccccc45)cc3)cc2)c2cccc(-c3cccc4c3-c3ccccc3C4(c3ccccc3)c3ccccc3)c2)c1. The van der Waals surface area contributed by atoms with Gasteiger partial charge in [-0.3, -0.25) is 0 Å². The molecule has 344 valence electrons. The second-order valence-corrected chi connectivity index (χ2v) is 18.9. The molecule has 0 saturated heterocycles. The Morgan fingerprint density at radius 2 is 0.781 bits per heavy atom. The number of phenolic OH excluding ortho intramolecular Hbond substituents is 1. The van der Waals surface area contributed by atoms with Crippen LogP contribution in [0.2, 0.25) is 0 Å². The molecule has 0 fully saturated rings. The summed E-state index contributed by atoms with van der Waals surface area (Å²) in [7, 11) is 0. The number of phenols is 1. The van der Waals surface area contributed by atoms with Crippen LogP contribution in [0.3, 0.4) is 0 Å². The first-order valence-corrected chi connectivity index (χ1v) is 25.0. The van der Waals surface area contributed by atoms with E-state index in [9.17, 15) is 5.11 Å². The average molecular weight is 932 g/mol. The van der Waals surface area contributed by atoms with Crippen molar-refractivity contribution in [3.8, 4) is 72.5 Å². The zero-order valence-corrected chi connectivity index (χ0v) is 40.1. The van der Waals surface area contributed by atoms with Crippen molar-refractivity contribution in [1.82, 2.24) is 0 Å². The van der Waals surface area contributed by atoms with Gasteiger partial charge in [0.05, 0.1) is 11.1 Å². The second-order valence-electron chi connectivity index (χ2n) is 18.9. The summed E-state index contributed by atoms with van der Waals surface area (Å²) in [5.41, 5.74) is 21.1. The van der Waals surface area contributed by atoms with Crippen LogP contribution in [0, 0.1) is 0 Å². The largest absolute Gasteiger partial charge is 0.507 e. The summed E-state index contributed by atoms with van der Waals surface area (Å²) >= 11 is 0. The van der Waals surface area contributed by atoms with Gasteiger partial charge in [0, 0.05) is 22.5 Å². The van der Waals surface area contributed by atoms with E-state index < -0.39 is 5.41 Å². The van der Waals surface area contributed by atoms with Crippen LogP contribution in [0.25, 0.3) is 77.5 Å². The summed E-state index contributed by atoms with van der Waals surface area (Å²) in [5, 5.41) is 13.4. The normalized spacial score (nSPS) is 12.3. The van der Waals surface area contributed by atoms with E-state index in [1.807, 2.05) is 18.2 Å². The maximum absolute atomic E-state index is 10.9. The predicted molar refractivity (Wildman–Crippen MR) is 305 cm³/mol. The van der Waals surface area contributed by atoms with Gasteiger partial charge in [-0.05, 0) is 131 Å². The van der Waals surface area contributed by atoms with Crippen molar-refractivity contribution in [1.29, 1.82) is 0 Å². The Bertz CT molecular complexity index is 3930. The molecule has 2 nitrogen and oxygen atoms in total. The van der Waals surface area contributed by atoms with E-state index in [4.69, 9.17) is 0 Å². The summed E-state index contributed by atoms with van der Waals surface area (Å²) < 4.78 is 0. The van der Waals surface area contributed by atoms with Crippen LogP contribution in [-0.4, -0.2) is 5.11 Å². The molecule has 0 amide bonds. The van der Waals surface area contributed by atoms with Gasteiger partial charge in [-0.25, -0.2) is 0 Å². The van der Waals surface area contributed by atoms with Crippen molar-refractivity contribution in [2.75, 3.05) is 4.90 Å². The quantitative estimate of drug-likeness (QED) is 0.148. The summed E-state index contributed by atoms with van der Waals surface area (Å²) in [5.74, 6) is 0.259. The molecular weight excluding hydrogens is 883 g/mol. The zero-order valence-electron chi connectivity index (χ0n) is 40.1. The number of aromatic hydroxyl groups is 1. The number of hydrogen-bond acceptors (Lipinski definition) is 2. The lowest BCUT2D eigenvalue weighted by Gasteiger charge is -2.34. The molecule has 0 unspecified atom stereocenters. The number of hydrogen-bond donors (Lipinski definition) is 1. The number of benzene rings is 12. The smallest absolute Gasteiger partial charge is 0.123 e. The Balaban J connectivity index is 0.956. The first-order chi connectivity index (χ1) is 36.1. The van der Waals surface area contributed by atoms with Crippen LogP contribution in [0.1, 0.15) is 22.3 Å². The first kappa shape index (κ1) is 43.5. The van der Waals surface area contributed by atoms with Crippen LogP contribution in [0.5, 0.6) is 5.75 Å². The molecule has 0 heterocycles. The molecule has 12 aromatic rings. The van der Waals surface area contributed by atoms with E-state index in [2.05, 4.69) is 272 Å². The zero-order chi connectivity index (χ0) is 48.7. The molecule has 12 aromatic carbocycles. The molecule has 73 heavy (non-hydrogen) atoms. The third-order valence-corrected chi connectivity index (χ3v) is 14.9. The Kier molecular flexibility index (Phi) is 10.9. The average Bonchev–Trinajstić information content (AvgIpc) is 3.78. The fourth-order valence-corrected chi connectivity index (χ4v) is 11.6. The lowest BCUT2D eigenvalue weighted by molar-refractivity contribution is 0.477. The Hall–Kier alpha value is -9.50. The summed E-state index contributed by atoms with van der Waals surface area (Å²) in [6.07, 6.45) is 0. The first-order valence-electron chi connectivity index (χ1n) is 25.0. The number of rotatable bonds is 10. The molecule has 13 rings (SSSR count). The molecule has 2 heteroatoms.